The van der Waals surface area contributed by atoms with Crippen LogP contribution in [0.25, 0.3) is 10.9 Å². The Bertz CT molecular complexity index is 1350. The van der Waals surface area contributed by atoms with E-state index in [0.29, 0.717) is 47.7 Å². The second-order valence-electron chi connectivity index (χ2n) is 9.08. The normalized spacial score (nSPS) is 18.7. The number of fused-ring (bicyclic) bond motifs is 1. The van der Waals surface area contributed by atoms with Crippen LogP contribution in [0, 0.1) is 41.1 Å². The molecule has 0 spiro atoms. The van der Waals surface area contributed by atoms with Gasteiger partial charge in [-0.25, -0.2) is 17.6 Å². The van der Waals surface area contributed by atoms with Crippen molar-refractivity contribution in [1.29, 1.82) is 0 Å². The number of pyridine rings is 1. The highest BCUT2D eigenvalue weighted by Gasteiger charge is 2.34. The van der Waals surface area contributed by atoms with E-state index >= 15 is 4.39 Å². The number of hydrogen-bond donors (Lipinski definition) is 1. The zero-order valence-electron chi connectivity index (χ0n) is 20.2. The summed E-state index contributed by atoms with van der Waals surface area (Å²) < 4.78 is 61.5. The van der Waals surface area contributed by atoms with Gasteiger partial charge in [-0.3, -0.25) is 14.7 Å². The molecule has 3 aromatic rings. The van der Waals surface area contributed by atoms with Crippen molar-refractivity contribution in [3.63, 3.8) is 0 Å². The third kappa shape index (κ3) is 6.03. The number of benzene rings is 2. The molecule has 194 valence electrons. The number of hydrogen-bond acceptors (Lipinski definition) is 4. The van der Waals surface area contributed by atoms with Gasteiger partial charge in [-0.1, -0.05) is 11.8 Å². The average Bonchev–Trinajstić information content (AvgIpc) is 2.90. The molecule has 2 heterocycles. The number of aromatic nitrogens is 1. The van der Waals surface area contributed by atoms with Gasteiger partial charge in [0.05, 0.1) is 30.7 Å². The molecule has 9 heteroatoms. The zero-order chi connectivity index (χ0) is 26.5. The number of piperidine rings is 1. The third-order valence-electron chi connectivity index (χ3n) is 6.83. The highest BCUT2D eigenvalue weighted by Crippen LogP contribution is 2.35. The van der Waals surface area contributed by atoms with Crippen molar-refractivity contribution in [1.82, 2.24) is 9.88 Å². The smallest absolute Gasteiger partial charge is 0.308 e. The van der Waals surface area contributed by atoms with Gasteiger partial charge in [0, 0.05) is 18.1 Å². The van der Waals surface area contributed by atoms with Crippen LogP contribution in [0.4, 0.5) is 17.6 Å². The van der Waals surface area contributed by atoms with Gasteiger partial charge in [-0.05, 0) is 73.7 Å². The minimum absolute atomic E-state index is 0.0719. The first-order valence-electron chi connectivity index (χ1n) is 11.9. The molecule has 0 amide bonds. The van der Waals surface area contributed by atoms with Crippen LogP contribution >= 0.6 is 0 Å². The van der Waals surface area contributed by atoms with Gasteiger partial charge in [0.15, 0.2) is 11.6 Å². The maximum absolute atomic E-state index is 15.3. The summed E-state index contributed by atoms with van der Waals surface area (Å²) in [6.07, 6.45) is 1.30. The maximum atomic E-state index is 15.3. The Morgan fingerprint density at radius 1 is 1.22 bits per heavy atom. The molecular weight excluding hydrogens is 488 g/mol. The number of ether oxygens (including phenoxy) is 1. The number of likely N-dealkylation sites (tertiary alicyclic amines) is 1. The van der Waals surface area contributed by atoms with Gasteiger partial charge in [0.1, 0.15) is 17.7 Å². The standard InChI is InChI=1S/C28H26F4N2O3/c1-37-18-5-9-26-21(15-18)19(10-12-33-26)23(29)6-4-17-11-14-34(16-22(17)28(35)36)13-2-3-20-24(30)7-8-25(31)27(20)32/h5,7-10,12,15,17,22-23H,4,6,11,13-14,16H2,1H3,(H,35,36)/t17-,22+,23+/m1/s1. The fourth-order valence-corrected chi connectivity index (χ4v) is 4.78. The first-order chi connectivity index (χ1) is 17.8. The molecule has 0 aliphatic carbocycles. The van der Waals surface area contributed by atoms with E-state index in [9.17, 15) is 23.1 Å². The molecule has 2 aromatic carbocycles. The van der Waals surface area contributed by atoms with Crippen molar-refractivity contribution in [3.8, 4) is 17.6 Å². The highest BCUT2D eigenvalue weighted by atomic mass is 19.2. The number of carbonyl (C=O) groups is 1. The van der Waals surface area contributed by atoms with Crippen molar-refractivity contribution in [2.24, 2.45) is 11.8 Å². The number of alkyl halides is 1. The average molecular weight is 515 g/mol. The molecule has 4 rings (SSSR count). The van der Waals surface area contributed by atoms with Gasteiger partial charge < -0.3 is 9.84 Å². The van der Waals surface area contributed by atoms with E-state index in [0.717, 1.165) is 6.07 Å². The van der Waals surface area contributed by atoms with Gasteiger partial charge >= 0.3 is 5.97 Å². The monoisotopic (exact) mass is 514 g/mol. The molecule has 1 aliphatic rings. The fraction of sp³-hybridized carbons (Fsp3) is 0.357. The van der Waals surface area contributed by atoms with E-state index in [1.54, 1.807) is 35.4 Å². The number of nitrogens with zero attached hydrogens (tertiary/aromatic N) is 2. The van der Waals surface area contributed by atoms with Gasteiger partial charge in [-0.15, -0.1) is 0 Å². The van der Waals surface area contributed by atoms with Crippen molar-refractivity contribution < 1.29 is 32.2 Å². The van der Waals surface area contributed by atoms with Crippen molar-refractivity contribution in [3.05, 3.63) is 71.2 Å². The summed E-state index contributed by atoms with van der Waals surface area (Å²) in [5.41, 5.74) is 0.483. The van der Waals surface area contributed by atoms with E-state index in [4.69, 9.17) is 4.74 Å². The minimum Gasteiger partial charge on any atom is -0.497 e. The van der Waals surface area contributed by atoms with Crippen LogP contribution in [-0.4, -0.2) is 47.7 Å². The number of aliphatic carboxylic acids is 1. The number of methoxy groups -OCH3 is 1. The molecule has 0 bridgehead atoms. The summed E-state index contributed by atoms with van der Waals surface area (Å²) in [4.78, 5) is 18.0. The van der Waals surface area contributed by atoms with Crippen molar-refractivity contribution in [2.45, 2.75) is 25.4 Å². The predicted octanol–water partition coefficient (Wildman–Crippen LogP) is 5.53. The Labute approximate surface area is 212 Å². The molecule has 5 nitrogen and oxygen atoms in total. The van der Waals surface area contributed by atoms with Crippen LogP contribution in [0.15, 0.2) is 42.6 Å². The molecule has 1 aliphatic heterocycles. The molecule has 3 atom stereocenters. The SMILES string of the molecule is COc1ccc2nccc([C@@H](F)CC[C@@H]3CCN(CC#Cc4c(F)ccc(F)c4F)C[C@@H]3C(=O)O)c2c1. The third-order valence-corrected chi connectivity index (χ3v) is 6.83. The Morgan fingerprint density at radius 3 is 2.76 bits per heavy atom. The van der Waals surface area contributed by atoms with E-state index in [1.165, 1.54) is 7.11 Å². The van der Waals surface area contributed by atoms with Gasteiger partial charge in [0.25, 0.3) is 0 Å². The first kappa shape index (κ1) is 26.4. The van der Waals surface area contributed by atoms with Crippen LogP contribution in [0.5, 0.6) is 5.75 Å². The molecule has 1 aromatic heterocycles. The lowest BCUT2D eigenvalue weighted by Gasteiger charge is -2.35. The Kier molecular flexibility index (Phi) is 8.29. The molecule has 0 saturated carbocycles. The summed E-state index contributed by atoms with van der Waals surface area (Å²) >= 11 is 0. The second-order valence-corrected chi connectivity index (χ2v) is 9.08. The van der Waals surface area contributed by atoms with Crippen molar-refractivity contribution in [2.75, 3.05) is 26.7 Å². The molecule has 1 N–H and O–H groups in total. The van der Waals surface area contributed by atoms with E-state index in [-0.39, 0.29) is 25.4 Å². The maximum Gasteiger partial charge on any atom is 0.308 e. The first-order valence-corrected chi connectivity index (χ1v) is 11.9. The molecule has 0 unspecified atom stereocenters. The molecular formula is C28H26F4N2O3. The Balaban J connectivity index is 1.39. The highest BCUT2D eigenvalue weighted by molar-refractivity contribution is 5.83. The summed E-state index contributed by atoms with van der Waals surface area (Å²) in [5, 5.41) is 10.5. The van der Waals surface area contributed by atoms with E-state index in [1.807, 2.05) is 0 Å². The van der Waals surface area contributed by atoms with Gasteiger partial charge in [-0.2, -0.15) is 0 Å². The lowest BCUT2D eigenvalue weighted by atomic mass is 9.81. The predicted molar refractivity (Wildman–Crippen MR) is 130 cm³/mol. The van der Waals surface area contributed by atoms with Crippen LogP contribution in [-0.2, 0) is 4.79 Å². The number of carboxylic acid groups (broad SMARTS) is 1. The number of rotatable bonds is 7. The van der Waals surface area contributed by atoms with E-state index < -0.39 is 41.1 Å². The molecule has 1 fully saturated rings. The van der Waals surface area contributed by atoms with Crippen LogP contribution in [0.2, 0.25) is 0 Å². The van der Waals surface area contributed by atoms with E-state index in [2.05, 4.69) is 16.8 Å². The summed E-state index contributed by atoms with van der Waals surface area (Å²) in [7, 11) is 1.53. The summed E-state index contributed by atoms with van der Waals surface area (Å²) in [6, 6.07) is 8.39. The summed E-state index contributed by atoms with van der Waals surface area (Å²) in [5.74, 6) is 0.0563. The summed E-state index contributed by atoms with van der Waals surface area (Å²) in [6.45, 7) is 0.751. The Morgan fingerprint density at radius 2 is 2.00 bits per heavy atom. The van der Waals surface area contributed by atoms with Crippen molar-refractivity contribution >= 4 is 16.9 Å². The molecule has 37 heavy (non-hydrogen) atoms. The van der Waals surface area contributed by atoms with Crippen LogP contribution in [0.1, 0.15) is 36.6 Å². The second kappa shape index (κ2) is 11.6. The topological polar surface area (TPSA) is 62.7 Å². The Hall–Kier alpha value is -3.64. The number of halogens is 4. The quantitative estimate of drug-likeness (QED) is 0.255. The molecule has 1 saturated heterocycles. The lowest BCUT2D eigenvalue weighted by Crippen LogP contribution is -2.44. The minimum atomic E-state index is -1.35. The van der Waals surface area contributed by atoms with Crippen LogP contribution in [0.3, 0.4) is 0 Å². The lowest BCUT2D eigenvalue weighted by molar-refractivity contribution is -0.146. The zero-order valence-corrected chi connectivity index (χ0v) is 20.2. The number of carboxylic acids is 1. The molecule has 0 radical (unpaired) electrons. The fourth-order valence-electron chi connectivity index (χ4n) is 4.78. The van der Waals surface area contributed by atoms with Gasteiger partial charge in [0.2, 0.25) is 0 Å². The largest absolute Gasteiger partial charge is 0.497 e. The van der Waals surface area contributed by atoms with Crippen LogP contribution < -0.4 is 4.74 Å².